The summed E-state index contributed by atoms with van der Waals surface area (Å²) in [5.74, 6) is -1.29. The molecule has 1 atom stereocenters. The van der Waals surface area contributed by atoms with E-state index in [4.69, 9.17) is 4.74 Å². The molecule has 0 radical (unpaired) electrons. The predicted octanol–water partition coefficient (Wildman–Crippen LogP) is 0.279. The molecule has 0 aliphatic heterocycles. The van der Waals surface area contributed by atoms with Gasteiger partial charge in [-0.3, -0.25) is 4.79 Å². The van der Waals surface area contributed by atoms with Gasteiger partial charge < -0.3 is 9.47 Å². The fraction of sp³-hybridized carbons (Fsp3) is 0.500. The van der Waals surface area contributed by atoms with Crippen molar-refractivity contribution in [2.75, 3.05) is 13.7 Å². The van der Waals surface area contributed by atoms with Gasteiger partial charge in [-0.15, -0.1) is 0 Å². The van der Waals surface area contributed by atoms with Crippen molar-refractivity contribution in [3.63, 3.8) is 0 Å². The van der Waals surface area contributed by atoms with E-state index in [9.17, 15) is 9.59 Å². The molecule has 4 nitrogen and oxygen atoms in total. The van der Waals surface area contributed by atoms with E-state index in [2.05, 4.69) is 4.74 Å². The molecule has 4 heteroatoms. The van der Waals surface area contributed by atoms with Crippen LogP contribution in [0.3, 0.4) is 0 Å². The first-order valence-electron chi connectivity index (χ1n) is 3.67. The molecule has 0 N–H and O–H groups in total. The lowest BCUT2D eigenvalue weighted by molar-refractivity contribution is -0.146. The average Bonchev–Trinajstić information content (AvgIpc) is 2.82. The predicted molar refractivity (Wildman–Crippen MR) is 40.2 cm³/mol. The standard InChI is InChI=1S/C8H10O4/c1-3-12-8(10)6-4-5(6)7(9)11-2/h4,6H,3H2,1-2H3. The van der Waals surface area contributed by atoms with Crippen molar-refractivity contribution in [2.45, 2.75) is 6.92 Å². The highest BCUT2D eigenvalue weighted by Gasteiger charge is 2.38. The SMILES string of the molecule is CCOC(=O)C1C=C1C(=O)OC. The van der Waals surface area contributed by atoms with E-state index in [1.165, 1.54) is 13.2 Å². The smallest absolute Gasteiger partial charge is 0.334 e. The summed E-state index contributed by atoms with van der Waals surface area (Å²) in [7, 11) is 1.28. The van der Waals surface area contributed by atoms with Gasteiger partial charge in [0.15, 0.2) is 0 Å². The number of ether oxygens (including phenoxy) is 2. The minimum absolute atomic E-state index is 0.331. The summed E-state index contributed by atoms with van der Waals surface area (Å²) < 4.78 is 9.11. The van der Waals surface area contributed by atoms with Gasteiger partial charge in [-0.25, -0.2) is 4.79 Å². The van der Waals surface area contributed by atoms with Crippen LogP contribution in [0.5, 0.6) is 0 Å². The maximum Gasteiger partial charge on any atom is 0.334 e. The first-order chi connectivity index (χ1) is 5.70. The van der Waals surface area contributed by atoms with Crippen molar-refractivity contribution in [3.05, 3.63) is 11.6 Å². The maximum atomic E-state index is 11.0. The second-order valence-corrected chi connectivity index (χ2v) is 2.34. The first kappa shape index (κ1) is 8.77. The zero-order chi connectivity index (χ0) is 9.14. The van der Waals surface area contributed by atoms with Gasteiger partial charge in [-0.05, 0) is 6.92 Å². The molecule has 0 heterocycles. The highest BCUT2D eigenvalue weighted by Crippen LogP contribution is 2.30. The van der Waals surface area contributed by atoms with E-state index >= 15 is 0 Å². The summed E-state index contributed by atoms with van der Waals surface area (Å²) >= 11 is 0. The largest absolute Gasteiger partial charge is 0.466 e. The summed E-state index contributed by atoms with van der Waals surface area (Å²) in [5, 5.41) is 0. The van der Waals surface area contributed by atoms with Gasteiger partial charge in [0.2, 0.25) is 0 Å². The maximum absolute atomic E-state index is 11.0. The normalized spacial score (nSPS) is 19.5. The van der Waals surface area contributed by atoms with Crippen molar-refractivity contribution in [1.82, 2.24) is 0 Å². The van der Waals surface area contributed by atoms with Gasteiger partial charge in [-0.1, -0.05) is 6.08 Å². The first-order valence-corrected chi connectivity index (χ1v) is 3.67. The lowest BCUT2D eigenvalue weighted by atomic mass is 10.3. The number of carbonyl (C=O) groups is 2. The van der Waals surface area contributed by atoms with Crippen molar-refractivity contribution in [1.29, 1.82) is 0 Å². The Hall–Kier alpha value is -1.32. The molecule has 0 spiro atoms. The van der Waals surface area contributed by atoms with Crippen LogP contribution in [-0.2, 0) is 19.1 Å². The van der Waals surface area contributed by atoms with E-state index in [1.807, 2.05) is 0 Å². The van der Waals surface area contributed by atoms with Crippen LogP contribution < -0.4 is 0 Å². The molecule has 0 bridgehead atoms. The van der Waals surface area contributed by atoms with Gasteiger partial charge in [-0.2, -0.15) is 0 Å². The van der Waals surface area contributed by atoms with Crippen LogP contribution in [0, 0.1) is 5.92 Å². The second kappa shape index (κ2) is 3.38. The highest BCUT2D eigenvalue weighted by atomic mass is 16.5. The zero-order valence-corrected chi connectivity index (χ0v) is 6.99. The Labute approximate surface area is 70.1 Å². The molecule has 0 aromatic carbocycles. The third-order valence-corrected chi connectivity index (χ3v) is 1.53. The summed E-state index contributed by atoms with van der Waals surface area (Å²) in [6.07, 6.45) is 1.53. The summed E-state index contributed by atoms with van der Waals surface area (Å²) in [6.45, 7) is 2.05. The third kappa shape index (κ3) is 1.64. The number of carbonyl (C=O) groups excluding carboxylic acids is 2. The average molecular weight is 170 g/mol. The molecule has 0 saturated heterocycles. The topological polar surface area (TPSA) is 52.6 Å². The molecular weight excluding hydrogens is 160 g/mol. The molecule has 12 heavy (non-hydrogen) atoms. The van der Waals surface area contributed by atoms with Crippen LogP contribution in [0.4, 0.5) is 0 Å². The van der Waals surface area contributed by atoms with E-state index in [0.717, 1.165) is 0 Å². The van der Waals surface area contributed by atoms with Gasteiger partial charge in [0.25, 0.3) is 0 Å². The van der Waals surface area contributed by atoms with Crippen LogP contribution in [0.15, 0.2) is 11.6 Å². The Morgan fingerprint density at radius 3 is 2.75 bits per heavy atom. The molecular formula is C8H10O4. The van der Waals surface area contributed by atoms with E-state index in [-0.39, 0.29) is 5.97 Å². The monoisotopic (exact) mass is 170 g/mol. The molecule has 0 amide bonds. The molecule has 0 saturated carbocycles. The molecule has 1 aliphatic rings. The van der Waals surface area contributed by atoms with Gasteiger partial charge >= 0.3 is 11.9 Å². The Balaban J connectivity index is 2.35. The van der Waals surface area contributed by atoms with Crippen LogP contribution in [0.1, 0.15) is 6.92 Å². The van der Waals surface area contributed by atoms with Crippen LogP contribution in [0.25, 0.3) is 0 Å². The van der Waals surface area contributed by atoms with Crippen molar-refractivity contribution >= 4 is 11.9 Å². The van der Waals surface area contributed by atoms with Crippen LogP contribution >= 0.6 is 0 Å². The van der Waals surface area contributed by atoms with Gasteiger partial charge in [0.1, 0.15) is 5.92 Å². The van der Waals surface area contributed by atoms with Crippen molar-refractivity contribution < 1.29 is 19.1 Å². The second-order valence-electron chi connectivity index (χ2n) is 2.34. The van der Waals surface area contributed by atoms with Gasteiger partial charge in [0, 0.05) is 0 Å². The third-order valence-electron chi connectivity index (χ3n) is 1.53. The van der Waals surface area contributed by atoms with E-state index in [0.29, 0.717) is 12.2 Å². The summed E-state index contributed by atoms with van der Waals surface area (Å²) in [6, 6.07) is 0. The molecule has 0 aromatic heterocycles. The highest BCUT2D eigenvalue weighted by molar-refractivity contribution is 6.03. The van der Waals surface area contributed by atoms with Crippen molar-refractivity contribution in [3.8, 4) is 0 Å². The van der Waals surface area contributed by atoms with Crippen molar-refractivity contribution in [2.24, 2.45) is 5.92 Å². The van der Waals surface area contributed by atoms with Crippen LogP contribution in [-0.4, -0.2) is 25.7 Å². The van der Waals surface area contributed by atoms with E-state index in [1.54, 1.807) is 6.92 Å². The number of rotatable bonds is 3. The molecule has 0 aromatic rings. The lowest BCUT2D eigenvalue weighted by Crippen LogP contribution is -2.11. The number of esters is 2. The number of hydrogen-bond donors (Lipinski definition) is 0. The lowest BCUT2D eigenvalue weighted by Gasteiger charge is -1.99. The summed E-state index contributed by atoms with van der Waals surface area (Å²) in [5.41, 5.74) is 0.399. The molecule has 1 unspecified atom stereocenters. The van der Waals surface area contributed by atoms with Gasteiger partial charge in [0.05, 0.1) is 19.3 Å². The molecule has 1 rings (SSSR count). The Morgan fingerprint density at radius 2 is 2.25 bits per heavy atom. The quantitative estimate of drug-likeness (QED) is 0.571. The Kier molecular flexibility index (Phi) is 2.47. The minimum atomic E-state index is -0.461. The fourth-order valence-electron chi connectivity index (χ4n) is 0.871. The minimum Gasteiger partial charge on any atom is -0.466 e. The molecule has 1 aliphatic carbocycles. The number of methoxy groups -OCH3 is 1. The van der Waals surface area contributed by atoms with E-state index < -0.39 is 11.9 Å². The summed E-state index contributed by atoms with van der Waals surface area (Å²) in [4.78, 5) is 21.7. The van der Waals surface area contributed by atoms with Crippen LogP contribution in [0.2, 0.25) is 0 Å². The Morgan fingerprint density at radius 1 is 1.58 bits per heavy atom. The fourth-order valence-corrected chi connectivity index (χ4v) is 0.871. The zero-order valence-electron chi connectivity index (χ0n) is 6.99. The molecule has 0 fully saturated rings. The Bertz CT molecular complexity index is 241. The number of hydrogen-bond acceptors (Lipinski definition) is 4. The molecule has 66 valence electrons.